The maximum Gasteiger partial charge on any atom is 0.225 e. The van der Waals surface area contributed by atoms with Crippen LogP contribution in [0.15, 0.2) is 30.5 Å². The van der Waals surface area contributed by atoms with Gasteiger partial charge < -0.3 is 10.6 Å². The lowest BCUT2D eigenvalue weighted by molar-refractivity contribution is -0.126. The first-order valence-corrected chi connectivity index (χ1v) is 9.55. The average Bonchev–Trinajstić information content (AvgIpc) is 3.14. The standard InChI is InChI=1S/C19H22FN7O/c1-2-21-18(28)12-7-3-4-8-14(12)23-19-22-11-13(20)17(24-19)27-16-10-6-5-9-15(16)25-26-27/h5-6,9-12,14H,2-4,7-8H2,1H3,(H,21,28)(H,22,23,24). The van der Waals surface area contributed by atoms with E-state index in [4.69, 9.17) is 0 Å². The number of aromatic nitrogens is 5. The summed E-state index contributed by atoms with van der Waals surface area (Å²) in [6, 6.07) is 7.19. The lowest BCUT2D eigenvalue weighted by Crippen LogP contribution is -2.43. The molecule has 1 aliphatic rings. The molecule has 146 valence electrons. The second-order valence-corrected chi connectivity index (χ2v) is 6.89. The van der Waals surface area contributed by atoms with Crippen LogP contribution in [-0.4, -0.2) is 43.5 Å². The topological polar surface area (TPSA) is 97.6 Å². The predicted molar refractivity (Wildman–Crippen MR) is 102 cm³/mol. The zero-order valence-corrected chi connectivity index (χ0v) is 15.6. The molecule has 1 aliphatic carbocycles. The van der Waals surface area contributed by atoms with E-state index in [2.05, 4.69) is 30.9 Å². The molecule has 8 nitrogen and oxygen atoms in total. The number of nitrogens with zero attached hydrogens (tertiary/aromatic N) is 5. The molecule has 4 rings (SSSR count). The summed E-state index contributed by atoms with van der Waals surface area (Å²) in [6.45, 7) is 2.50. The van der Waals surface area contributed by atoms with Crippen LogP contribution in [0.4, 0.5) is 10.3 Å². The number of hydrogen-bond donors (Lipinski definition) is 2. The summed E-state index contributed by atoms with van der Waals surface area (Å²) >= 11 is 0. The Kier molecular flexibility index (Phi) is 5.14. The number of rotatable bonds is 5. The van der Waals surface area contributed by atoms with Crippen molar-refractivity contribution in [3.05, 3.63) is 36.3 Å². The summed E-state index contributed by atoms with van der Waals surface area (Å²) in [5, 5.41) is 14.2. The average molecular weight is 383 g/mol. The van der Waals surface area contributed by atoms with Gasteiger partial charge in [0.15, 0.2) is 11.6 Å². The van der Waals surface area contributed by atoms with Gasteiger partial charge in [-0.25, -0.2) is 9.37 Å². The molecule has 0 radical (unpaired) electrons. The molecule has 0 saturated heterocycles. The Balaban J connectivity index is 1.62. The molecular formula is C19H22FN7O. The highest BCUT2D eigenvalue weighted by Crippen LogP contribution is 2.27. The number of carbonyl (C=O) groups excluding carboxylic acids is 1. The molecular weight excluding hydrogens is 361 g/mol. The number of nitrogens with one attached hydrogen (secondary N) is 2. The van der Waals surface area contributed by atoms with Gasteiger partial charge in [0, 0.05) is 12.6 Å². The van der Waals surface area contributed by atoms with Crippen molar-refractivity contribution in [1.29, 1.82) is 0 Å². The van der Waals surface area contributed by atoms with Crippen molar-refractivity contribution in [2.75, 3.05) is 11.9 Å². The molecule has 1 saturated carbocycles. The Morgan fingerprint density at radius 2 is 2.11 bits per heavy atom. The minimum Gasteiger partial charge on any atom is -0.356 e. The number of benzene rings is 1. The molecule has 2 N–H and O–H groups in total. The van der Waals surface area contributed by atoms with Crippen LogP contribution in [0.25, 0.3) is 16.9 Å². The quantitative estimate of drug-likeness (QED) is 0.702. The van der Waals surface area contributed by atoms with E-state index in [9.17, 15) is 9.18 Å². The van der Waals surface area contributed by atoms with Gasteiger partial charge in [0.2, 0.25) is 11.9 Å². The zero-order chi connectivity index (χ0) is 19.5. The third-order valence-corrected chi connectivity index (χ3v) is 5.05. The molecule has 0 aliphatic heterocycles. The van der Waals surface area contributed by atoms with Crippen LogP contribution in [0.3, 0.4) is 0 Å². The van der Waals surface area contributed by atoms with Crippen LogP contribution in [0.5, 0.6) is 0 Å². The highest BCUT2D eigenvalue weighted by atomic mass is 19.1. The Morgan fingerprint density at radius 3 is 2.96 bits per heavy atom. The number of anilines is 1. The first-order chi connectivity index (χ1) is 13.7. The summed E-state index contributed by atoms with van der Waals surface area (Å²) in [7, 11) is 0. The van der Waals surface area contributed by atoms with Crippen molar-refractivity contribution < 1.29 is 9.18 Å². The molecule has 2 unspecified atom stereocenters. The van der Waals surface area contributed by atoms with Crippen LogP contribution >= 0.6 is 0 Å². The molecule has 1 fully saturated rings. The minimum atomic E-state index is -0.592. The van der Waals surface area contributed by atoms with Crippen molar-refractivity contribution >= 4 is 22.9 Å². The van der Waals surface area contributed by atoms with Crippen molar-refractivity contribution in [2.45, 2.75) is 38.6 Å². The Bertz CT molecular complexity index is 989. The van der Waals surface area contributed by atoms with Crippen LogP contribution in [0.1, 0.15) is 32.6 Å². The lowest BCUT2D eigenvalue weighted by Gasteiger charge is -2.31. The first-order valence-electron chi connectivity index (χ1n) is 9.55. The minimum absolute atomic E-state index is 0.0246. The second kappa shape index (κ2) is 7.87. The highest BCUT2D eigenvalue weighted by molar-refractivity contribution is 5.80. The summed E-state index contributed by atoms with van der Waals surface area (Å²) in [6.07, 6.45) is 4.80. The molecule has 3 aromatic rings. The fourth-order valence-corrected chi connectivity index (χ4v) is 3.69. The molecule has 0 bridgehead atoms. The van der Waals surface area contributed by atoms with E-state index in [1.807, 2.05) is 19.1 Å². The molecule has 28 heavy (non-hydrogen) atoms. The molecule has 0 spiro atoms. The van der Waals surface area contributed by atoms with E-state index in [1.165, 1.54) is 4.68 Å². The number of carbonyl (C=O) groups is 1. The third kappa shape index (κ3) is 3.51. The van der Waals surface area contributed by atoms with Crippen molar-refractivity contribution in [2.24, 2.45) is 5.92 Å². The Hall–Kier alpha value is -3.10. The molecule has 1 aromatic carbocycles. The van der Waals surface area contributed by atoms with Crippen LogP contribution in [-0.2, 0) is 4.79 Å². The van der Waals surface area contributed by atoms with Gasteiger partial charge in [-0.1, -0.05) is 30.2 Å². The summed E-state index contributed by atoms with van der Waals surface area (Å²) in [5.74, 6) is -0.416. The zero-order valence-electron chi connectivity index (χ0n) is 15.6. The van der Waals surface area contributed by atoms with Crippen LogP contribution in [0, 0.1) is 11.7 Å². The normalized spacial score (nSPS) is 19.5. The number of para-hydroxylation sites is 1. The van der Waals surface area contributed by atoms with E-state index in [0.29, 0.717) is 17.6 Å². The van der Waals surface area contributed by atoms with Gasteiger partial charge in [-0.3, -0.25) is 4.79 Å². The fraction of sp³-hybridized carbons (Fsp3) is 0.421. The molecule has 2 heterocycles. The maximum absolute atomic E-state index is 14.4. The molecule has 9 heteroatoms. The SMILES string of the molecule is CCNC(=O)C1CCCCC1Nc1ncc(F)c(-n2nnc3ccccc32)n1. The van der Waals surface area contributed by atoms with Gasteiger partial charge in [0.05, 0.1) is 17.6 Å². The fourth-order valence-electron chi connectivity index (χ4n) is 3.69. The molecule has 2 atom stereocenters. The van der Waals surface area contributed by atoms with E-state index >= 15 is 0 Å². The highest BCUT2D eigenvalue weighted by Gasteiger charge is 2.31. The Labute approximate surface area is 161 Å². The van der Waals surface area contributed by atoms with E-state index in [0.717, 1.165) is 31.9 Å². The van der Waals surface area contributed by atoms with E-state index in [1.54, 1.807) is 12.1 Å². The number of amides is 1. The lowest BCUT2D eigenvalue weighted by atomic mass is 9.84. The second-order valence-electron chi connectivity index (χ2n) is 6.89. The number of halogens is 1. The monoisotopic (exact) mass is 383 g/mol. The van der Waals surface area contributed by atoms with Gasteiger partial charge in [-0.2, -0.15) is 9.67 Å². The predicted octanol–water partition coefficient (Wildman–Crippen LogP) is 2.46. The number of fused-ring (bicyclic) bond motifs is 1. The van der Waals surface area contributed by atoms with Crippen LogP contribution in [0.2, 0.25) is 0 Å². The smallest absolute Gasteiger partial charge is 0.225 e. The van der Waals surface area contributed by atoms with Gasteiger partial charge in [-0.15, -0.1) is 5.10 Å². The maximum atomic E-state index is 14.4. The number of hydrogen-bond acceptors (Lipinski definition) is 6. The van der Waals surface area contributed by atoms with Crippen molar-refractivity contribution in [1.82, 2.24) is 30.3 Å². The van der Waals surface area contributed by atoms with Gasteiger partial charge in [0.25, 0.3) is 0 Å². The van der Waals surface area contributed by atoms with Gasteiger partial charge >= 0.3 is 0 Å². The van der Waals surface area contributed by atoms with Crippen LogP contribution < -0.4 is 10.6 Å². The van der Waals surface area contributed by atoms with Crippen molar-refractivity contribution in [3.8, 4) is 5.82 Å². The molecule has 1 amide bonds. The Morgan fingerprint density at radius 1 is 1.29 bits per heavy atom. The van der Waals surface area contributed by atoms with E-state index in [-0.39, 0.29) is 29.6 Å². The summed E-state index contributed by atoms with van der Waals surface area (Å²) < 4.78 is 15.8. The largest absolute Gasteiger partial charge is 0.356 e. The van der Waals surface area contributed by atoms with Gasteiger partial charge in [-0.05, 0) is 31.9 Å². The van der Waals surface area contributed by atoms with Gasteiger partial charge in [0.1, 0.15) is 5.52 Å². The van der Waals surface area contributed by atoms with E-state index < -0.39 is 5.82 Å². The molecule has 2 aromatic heterocycles. The first kappa shape index (κ1) is 18.3. The third-order valence-electron chi connectivity index (χ3n) is 5.05. The summed E-state index contributed by atoms with van der Waals surface area (Å²) in [5.41, 5.74) is 1.31. The van der Waals surface area contributed by atoms with Crippen molar-refractivity contribution in [3.63, 3.8) is 0 Å². The summed E-state index contributed by atoms with van der Waals surface area (Å²) in [4.78, 5) is 20.8.